The molecule has 4 aliphatic heterocycles. The van der Waals surface area contributed by atoms with Gasteiger partial charge in [-0.3, -0.25) is 4.90 Å². The molecule has 2 bridgehead atoms. The predicted octanol–water partition coefficient (Wildman–Crippen LogP) is 3.90. The van der Waals surface area contributed by atoms with Crippen LogP contribution in [0.2, 0.25) is 0 Å². The van der Waals surface area contributed by atoms with Gasteiger partial charge in [0, 0.05) is 18.0 Å². The van der Waals surface area contributed by atoms with Crippen LogP contribution in [-0.2, 0) is 9.47 Å². The van der Waals surface area contributed by atoms with E-state index in [1.165, 1.54) is 32.4 Å². The minimum absolute atomic E-state index is 0.574. The first-order chi connectivity index (χ1) is 11.7. The van der Waals surface area contributed by atoms with Gasteiger partial charge in [-0.2, -0.15) is 0 Å². The largest absolute Gasteiger partial charge is 0.380 e. The number of hydrogen-bond donors (Lipinski definition) is 0. The molecule has 146 valence electrons. The normalized spacial score (nSPS) is 29.5. The average Bonchev–Trinajstić information content (AvgIpc) is 3.22. The van der Waals surface area contributed by atoms with Gasteiger partial charge in [0.25, 0.3) is 0 Å². The molecule has 24 heavy (non-hydrogen) atoms. The fraction of sp³-hybridized carbons (Fsp3) is 1.00. The van der Waals surface area contributed by atoms with Crippen molar-refractivity contribution in [2.75, 3.05) is 53.6 Å². The number of hydrogen-bond acceptors (Lipinski definition) is 4. The van der Waals surface area contributed by atoms with Crippen molar-refractivity contribution in [2.45, 2.75) is 73.0 Å². The van der Waals surface area contributed by atoms with Crippen LogP contribution in [0, 0.1) is 5.41 Å². The molecule has 0 aromatic rings. The molecule has 4 rings (SSSR count). The first kappa shape index (κ1) is 23.8. The van der Waals surface area contributed by atoms with E-state index in [1.54, 1.807) is 0 Å². The summed E-state index contributed by atoms with van der Waals surface area (Å²) in [5.74, 6) is 0. The third kappa shape index (κ3) is 6.99. The summed E-state index contributed by atoms with van der Waals surface area (Å²) in [4.78, 5) is 4.79. The monoisotopic (exact) mass is 344 g/mol. The van der Waals surface area contributed by atoms with E-state index in [9.17, 15) is 0 Å². The summed E-state index contributed by atoms with van der Waals surface area (Å²) in [6.45, 7) is 18.7. The summed E-state index contributed by atoms with van der Waals surface area (Å²) in [5.41, 5.74) is 0.618. The summed E-state index contributed by atoms with van der Waals surface area (Å²) >= 11 is 0. The van der Waals surface area contributed by atoms with Crippen molar-refractivity contribution in [2.24, 2.45) is 5.41 Å². The Hall–Kier alpha value is -0.160. The maximum atomic E-state index is 5.38. The summed E-state index contributed by atoms with van der Waals surface area (Å²) in [6, 6.07) is 0.750. The highest BCUT2D eigenvalue weighted by molar-refractivity contribution is 4.90. The molecule has 0 N–H and O–H groups in total. The molecule has 0 saturated carbocycles. The number of likely N-dealkylation sites (N-methyl/N-ethyl adjacent to an activating group) is 1. The quantitative estimate of drug-likeness (QED) is 0.665. The smallest absolute Gasteiger partial charge is 0.0718 e. The third-order valence-electron chi connectivity index (χ3n) is 5.04. The molecule has 4 heteroatoms. The second-order valence-electron chi connectivity index (χ2n) is 6.58. The molecule has 4 aliphatic rings. The molecule has 4 heterocycles. The van der Waals surface area contributed by atoms with Gasteiger partial charge in [0.2, 0.25) is 0 Å². The number of likely N-dealkylation sites (tertiary alicyclic amines) is 2. The average molecular weight is 345 g/mol. The fourth-order valence-electron chi connectivity index (χ4n) is 3.36. The van der Waals surface area contributed by atoms with Gasteiger partial charge in [-0.25, -0.2) is 0 Å². The molecule has 0 amide bonds. The summed E-state index contributed by atoms with van der Waals surface area (Å²) in [7, 11) is 4.37. The van der Waals surface area contributed by atoms with E-state index < -0.39 is 0 Å². The van der Waals surface area contributed by atoms with Crippen LogP contribution in [0.3, 0.4) is 0 Å². The maximum absolute atomic E-state index is 5.38. The molecule has 2 unspecified atom stereocenters. The molecule has 2 atom stereocenters. The predicted molar refractivity (Wildman–Crippen MR) is 105 cm³/mol. The van der Waals surface area contributed by atoms with Crippen LogP contribution in [0.25, 0.3) is 0 Å². The van der Waals surface area contributed by atoms with Gasteiger partial charge in [-0.1, -0.05) is 41.5 Å². The summed E-state index contributed by atoms with van der Waals surface area (Å²) < 4.78 is 10.6. The lowest BCUT2D eigenvalue weighted by atomic mass is 9.77. The second kappa shape index (κ2) is 13.1. The first-order valence-corrected chi connectivity index (χ1v) is 10.3. The molecule has 1 spiro atoms. The third-order valence-corrected chi connectivity index (χ3v) is 5.04. The lowest BCUT2D eigenvalue weighted by Gasteiger charge is -2.46. The molecule has 0 aromatic carbocycles. The van der Waals surface area contributed by atoms with E-state index >= 15 is 0 Å². The van der Waals surface area contributed by atoms with Gasteiger partial charge in [0.15, 0.2) is 0 Å². The van der Waals surface area contributed by atoms with Gasteiger partial charge in [0.1, 0.15) is 0 Å². The molecular weight excluding hydrogens is 300 g/mol. The summed E-state index contributed by atoms with van der Waals surface area (Å²) in [6.07, 6.45) is 4.55. The number of morpholine rings is 1. The molecule has 4 fully saturated rings. The van der Waals surface area contributed by atoms with Crippen LogP contribution in [-0.4, -0.2) is 75.5 Å². The van der Waals surface area contributed by atoms with E-state index in [0.29, 0.717) is 11.5 Å². The standard InChI is InChI=1S/C8H15NO.C6H11NO.3C2H6/c1-9-4-2-8(3-5-9)6-10-7-8;1-7-3-6-2-5(7)4-8-6;3*1-2/h2-7H2,1H3;5-6H,2-4H2,1H3;3*1-2H3. The van der Waals surface area contributed by atoms with Gasteiger partial charge >= 0.3 is 0 Å². The van der Waals surface area contributed by atoms with Gasteiger partial charge in [-0.05, 0) is 46.4 Å². The number of rotatable bonds is 0. The minimum Gasteiger partial charge on any atom is -0.380 e. The molecule has 0 aliphatic carbocycles. The zero-order valence-corrected chi connectivity index (χ0v) is 17.7. The molecule has 0 radical (unpaired) electrons. The van der Waals surface area contributed by atoms with Crippen molar-refractivity contribution in [3.8, 4) is 0 Å². The Balaban J connectivity index is 0.000000341. The SMILES string of the molecule is CC.CC.CC.CN1CC2CC1CO2.CN1CCC2(CC1)COC2. The van der Waals surface area contributed by atoms with E-state index in [1.807, 2.05) is 41.5 Å². The zero-order valence-electron chi connectivity index (χ0n) is 17.7. The second-order valence-corrected chi connectivity index (χ2v) is 6.58. The molecule has 4 saturated heterocycles. The Labute approximate surface area is 151 Å². The Morgan fingerprint density at radius 2 is 1.42 bits per heavy atom. The van der Waals surface area contributed by atoms with Crippen molar-refractivity contribution in [1.82, 2.24) is 9.80 Å². The number of piperidine rings is 1. The molecule has 0 aromatic heterocycles. The Morgan fingerprint density at radius 3 is 1.67 bits per heavy atom. The van der Waals surface area contributed by atoms with Crippen molar-refractivity contribution in [1.29, 1.82) is 0 Å². The van der Waals surface area contributed by atoms with E-state index in [2.05, 4.69) is 23.9 Å². The van der Waals surface area contributed by atoms with E-state index in [4.69, 9.17) is 9.47 Å². The number of ether oxygens (including phenoxy) is 2. The highest BCUT2D eigenvalue weighted by Gasteiger charge is 2.40. The van der Waals surface area contributed by atoms with Crippen LogP contribution in [0.4, 0.5) is 0 Å². The van der Waals surface area contributed by atoms with Crippen LogP contribution < -0.4 is 0 Å². The van der Waals surface area contributed by atoms with Crippen molar-refractivity contribution in [3.63, 3.8) is 0 Å². The number of fused-ring (bicyclic) bond motifs is 2. The molecule has 4 nitrogen and oxygen atoms in total. The van der Waals surface area contributed by atoms with Gasteiger partial charge in [-0.15, -0.1) is 0 Å². The minimum atomic E-state index is 0.574. The lowest BCUT2D eigenvalue weighted by Crippen LogP contribution is -2.49. The van der Waals surface area contributed by atoms with Crippen LogP contribution in [0.5, 0.6) is 0 Å². The van der Waals surface area contributed by atoms with Crippen LogP contribution in [0.1, 0.15) is 60.8 Å². The first-order valence-electron chi connectivity index (χ1n) is 10.3. The van der Waals surface area contributed by atoms with Crippen LogP contribution in [0.15, 0.2) is 0 Å². The van der Waals surface area contributed by atoms with Crippen molar-refractivity contribution >= 4 is 0 Å². The maximum Gasteiger partial charge on any atom is 0.0718 e. The highest BCUT2D eigenvalue weighted by Crippen LogP contribution is 2.37. The van der Waals surface area contributed by atoms with Gasteiger partial charge in [0.05, 0.1) is 25.9 Å². The zero-order chi connectivity index (χ0) is 18.6. The fourth-order valence-corrected chi connectivity index (χ4v) is 3.36. The van der Waals surface area contributed by atoms with Gasteiger partial charge < -0.3 is 14.4 Å². The van der Waals surface area contributed by atoms with Crippen molar-refractivity contribution in [3.05, 3.63) is 0 Å². The Morgan fingerprint density at radius 1 is 0.875 bits per heavy atom. The van der Waals surface area contributed by atoms with E-state index in [0.717, 1.165) is 32.4 Å². The van der Waals surface area contributed by atoms with E-state index in [-0.39, 0.29) is 0 Å². The topological polar surface area (TPSA) is 24.9 Å². The number of nitrogens with zero attached hydrogens (tertiary/aromatic N) is 2. The van der Waals surface area contributed by atoms with Crippen LogP contribution >= 0.6 is 0 Å². The lowest BCUT2D eigenvalue weighted by molar-refractivity contribution is -0.137. The Bertz CT molecular complexity index is 283. The highest BCUT2D eigenvalue weighted by atomic mass is 16.5. The van der Waals surface area contributed by atoms with Crippen molar-refractivity contribution < 1.29 is 9.47 Å². The summed E-state index contributed by atoms with van der Waals surface area (Å²) in [5, 5.41) is 0. The Kier molecular flexibility index (Phi) is 13.0. The molecular formula is C20H44N2O2.